The largest absolute Gasteiger partial charge is 0.349 e. The van der Waals surface area contributed by atoms with Gasteiger partial charge in [-0.25, -0.2) is 0 Å². The van der Waals surface area contributed by atoms with Gasteiger partial charge in [-0.1, -0.05) is 34.0 Å². The highest BCUT2D eigenvalue weighted by Gasteiger charge is 2.36. The minimum Gasteiger partial charge on any atom is -0.349 e. The zero-order chi connectivity index (χ0) is 15.0. The average Bonchev–Trinajstić information content (AvgIpc) is 2.38. The number of carbonyl (C=O) groups excluding carboxylic acids is 1. The number of halogens is 2. The lowest BCUT2D eigenvalue weighted by atomic mass is 9.82. The van der Waals surface area contributed by atoms with Crippen LogP contribution in [0.15, 0.2) is 22.7 Å². The van der Waals surface area contributed by atoms with Crippen molar-refractivity contribution in [2.75, 3.05) is 7.05 Å². The first-order valence-corrected chi connectivity index (χ1v) is 8.69. The number of benzene rings is 1. The van der Waals surface area contributed by atoms with Crippen LogP contribution in [0.3, 0.4) is 0 Å². The number of carbonyl (C=O) groups is 1. The van der Waals surface area contributed by atoms with Crippen molar-refractivity contribution in [2.45, 2.75) is 50.2 Å². The molecule has 3 nitrogen and oxygen atoms in total. The molecule has 0 radical (unpaired) electrons. The van der Waals surface area contributed by atoms with E-state index >= 15 is 0 Å². The number of nitrogens with zero attached hydrogens (tertiary/aromatic N) is 1. The number of hydrogen-bond donors (Lipinski definition) is 1. The molecule has 2 aliphatic rings. The summed E-state index contributed by atoms with van der Waals surface area (Å²) < 4.78 is 0.834. The van der Waals surface area contributed by atoms with E-state index in [0.717, 1.165) is 17.3 Å². The summed E-state index contributed by atoms with van der Waals surface area (Å²) >= 11 is 9.40. The van der Waals surface area contributed by atoms with Crippen molar-refractivity contribution >= 4 is 33.4 Å². The molecule has 2 unspecified atom stereocenters. The lowest BCUT2D eigenvalue weighted by Gasteiger charge is -2.47. The highest BCUT2D eigenvalue weighted by Crippen LogP contribution is 2.32. The molecule has 2 heterocycles. The van der Waals surface area contributed by atoms with Gasteiger partial charge in [-0.2, -0.15) is 0 Å². The van der Waals surface area contributed by atoms with Crippen LogP contribution in [-0.2, 0) is 0 Å². The van der Waals surface area contributed by atoms with Crippen molar-refractivity contribution < 1.29 is 4.79 Å². The van der Waals surface area contributed by atoms with E-state index in [1.165, 1.54) is 19.3 Å². The van der Waals surface area contributed by atoms with Crippen LogP contribution < -0.4 is 5.32 Å². The predicted octanol–water partition coefficient (Wildman–Crippen LogP) is 3.85. The smallest absolute Gasteiger partial charge is 0.251 e. The Labute approximate surface area is 139 Å². The molecule has 2 aliphatic heterocycles. The van der Waals surface area contributed by atoms with Gasteiger partial charge in [0, 0.05) is 33.2 Å². The lowest BCUT2D eigenvalue weighted by molar-refractivity contribution is 0.0463. The van der Waals surface area contributed by atoms with E-state index in [4.69, 9.17) is 11.6 Å². The second kappa shape index (κ2) is 6.27. The topological polar surface area (TPSA) is 32.3 Å². The SMILES string of the molecule is CN1C2CCCC1CC(NC(=O)c1cc(Cl)cc(Br)c1)C2. The van der Waals surface area contributed by atoms with Crippen LogP contribution in [0.25, 0.3) is 0 Å². The molecular formula is C16H20BrClN2O. The zero-order valence-corrected chi connectivity index (χ0v) is 14.5. The molecule has 1 aromatic carbocycles. The minimum absolute atomic E-state index is 0.0224. The fourth-order valence-electron chi connectivity index (χ4n) is 3.69. The molecular weight excluding hydrogens is 352 g/mol. The Morgan fingerprint density at radius 1 is 1.29 bits per heavy atom. The Morgan fingerprint density at radius 2 is 1.95 bits per heavy atom. The van der Waals surface area contributed by atoms with Crippen LogP contribution in [0, 0.1) is 0 Å². The molecule has 3 rings (SSSR count). The average molecular weight is 372 g/mol. The molecule has 1 amide bonds. The molecule has 2 bridgehead atoms. The van der Waals surface area contributed by atoms with Crippen LogP contribution in [0.2, 0.25) is 5.02 Å². The van der Waals surface area contributed by atoms with Gasteiger partial charge in [0.2, 0.25) is 0 Å². The first-order chi connectivity index (χ1) is 10.0. The fraction of sp³-hybridized carbons (Fsp3) is 0.562. The van der Waals surface area contributed by atoms with Gasteiger partial charge in [-0.05, 0) is 50.9 Å². The van der Waals surface area contributed by atoms with Crippen molar-refractivity contribution in [2.24, 2.45) is 0 Å². The first-order valence-electron chi connectivity index (χ1n) is 7.52. The number of hydrogen-bond acceptors (Lipinski definition) is 2. The van der Waals surface area contributed by atoms with Crippen molar-refractivity contribution in [1.82, 2.24) is 10.2 Å². The molecule has 0 saturated carbocycles. The van der Waals surface area contributed by atoms with Crippen LogP contribution in [0.5, 0.6) is 0 Å². The minimum atomic E-state index is -0.0224. The van der Waals surface area contributed by atoms with E-state index in [1.807, 2.05) is 6.07 Å². The third kappa shape index (κ3) is 3.43. The molecule has 0 aromatic heterocycles. The van der Waals surface area contributed by atoms with Crippen molar-refractivity contribution in [3.8, 4) is 0 Å². The summed E-state index contributed by atoms with van der Waals surface area (Å²) in [6.45, 7) is 0. The molecule has 1 aromatic rings. The number of nitrogens with one attached hydrogen (secondary N) is 1. The van der Waals surface area contributed by atoms with Gasteiger partial charge >= 0.3 is 0 Å². The third-order valence-corrected chi connectivity index (χ3v) is 5.48. The highest BCUT2D eigenvalue weighted by atomic mass is 79.9. The van der Waals surface area contributed by atoms with Crippen molar-refractivity contribution in [1.29, 1.82) is 0 Å². The first kappa shape index (κ1) is 15.3. The van der Waals surface area contributed by atoms with Crippen LogP contribution in [0.1, 0.15) is 42.5 Å². The van der Waals surface area contributed by atoms with Crippen molar-refractivity contribution in [3.63, 3.8) is 0 Å². The van der Waals surface area contributed by atoms with Crippen LogP contribution >= 0.6 is 27.5 Å². The predicted molar refractivity (Wildman–Crippen MR) is 88.8 cm³/mol. The van der Waals surface area contributed by atoms with Gasteiger partial charge in [0.25, 0.3) is 5.91 Å². The molecule has 0 aliphatic carbocycles. The maximum atomic E-state index is 12.4. The molecule has 21 heavy (non-hydrogen) atoms. The Kier molecular flexibility index (Phi) is 4.57. The second-order valence-corrected chi connectivity index (χ2v) is 7.56. The van der Waals surface area contributed by atoms with E-state index < -0.39 is 0 Å². The van der Waals surface area contributed by atoms with E-state index in [2.05, 4.69) is 33.2 Å². The maximum Gasteiger partial charge on any atom is 0.251 e. The summed E-state index contributed by atoms with van der Waals surface area (Å²) in [5.41, 5.74) is 0.624. The van der Waals surface area contributed by atoms with Crippen LogP contribution in [0.4, 0.5) is 0 Å². The molecule has 5 heteroatoms. The van der Waals surface area contributed by atoms with Crippen LogP contribution in [-0.4, -0.2) is 36.0 Å². The van der Waals surface area contributed by atoms with Gasteiger partial charge in [-0.15, -0.1) is 0 Å². The Hall–Kier alpha value is -0.580. The summed E-state index contributed by atoms with van der Waals surface area (Å²) in [4.78, 5) is 14.9. The molecule has 2 atom stereocenters. The third-order valence-electron chi connectivity index (χ3n) is 4.80. The number of amides is 1. The normalized spacial score (nSPS) is 29.2. The van der Waals surface area contributed by atoms with Gasteiger partial charge in [0.15, 0.2) is 0 Å². The lowest BCUT2D eigenvalue weighted by Crippen LogP contribution is -2.55. The summed E-state index contributed by atoms with van der Waals surface area (Å²) in [6, 6.07) is 6.84. The molecule has 2 saturated heterocycles. The molecule has 0 spiro atoms. The molecule has 1 N–H and O–H groups in total. The van der Waals surface area contributed by atoms with Gasteiger partial charge < -0.3 is 10.2 Å². The van der Waals surface area contributed by atoms with Gasteiger partial charge in [0.05, 0.1) is 0 Å². The van der Waals surface area contributed by atoms with Crippen molar-refractivity contribution in [3.05, 3.63) is 33.3 Å². The summed E-state index contributed by atoms with van der Waals surface area (Å²) in [7, 11) is 2.22. The standard InChI is InChI=1S/C16H20BrClN2O/c1-20-14-3-2-4-15(20)9-13(8-14)19-16(21)10-5-11(17)7-12(18)6-10/h5-7,13-15H,2-4,8-9H2,1H3,(H,19,21). The Morgan fingerprint density at radius 3 is 2.57 bits per heavy atom. The summed E-state index contributed by atoms with van der Waals surface area (Å²) in [6.07, 6.45) is 5.94. The summed E-state index contributed by atoms with van der Waals surface area (Å²) in [5, 5.41) is 3.77. The monoisotopic (exact) mass is 370 g/mol. The van der Waals surface area contributed by atoms with E-state index in [9.17, 15) is 4.79 Å². The van der Waals surface area contributed by atoms with E-state index in [1.54, 1.807) is 12.1 Å². The number of rotatable bonds is 2. The molecule has 2 fully saturated rings. The fourth-order valence-corrected chi connectivity index (χ4v) is 4.55. The molecule has 114 valence electrons. The Bertz CT molecular complexity index is 517. The summed E-state index contributed by atoms with van der Waals surface area (Å²) in [5.74, 6) is -0.0224. The maximum absolute atomic E-state index is 12.4. The van der Waals surface area contributed by atoms with Gasteiger partial charge in [0.1, 0.15) is 0 Å². The van der Waals surface area contributed by atoms with Gasteiger partial charge in [-0.3, -0.25) is 4.79 Å². The highest BCUT2D eigenvalue weighted by molar-refractivity contribution is 9.10. The van der Waals surface area contributed by atoms with E-state index in [-0.39, 0.29) is 11.9 Å². The van der Waals surface area contributed by atoms with E-state index in [0.29, 0.717) is 22.7 Å². The Balaban J connectivity index is 1.68. The second-order valence-electron chi connectivity index (χ2n) is 6.20. The number of piperidine rings is 2. The zero-order valence-electron chi connectivity index (χ0n) is 12.1. The number of fused-ring (bicyclic) bond motifs is 2. The quantitative estimate of drug-likeness (QED) is 0.856.